The van der Waals surface area contributed by atoms with Gasteiger partial charge in [-0.05, 0) is 44.9 Å². The predicted molar refractivity (Wildman–Crippen MR) is 92.5 cm³/mol. The maximum atomic E-state index is 12.2. The molecule has 3 saturated carbocycles. The summed E-state index contributed by atoms with van der Waals surface area (Å²) in [5.74, 6) is 0.505. The second-order valence-electron chi connectivity index (χ2n) is 7.71. The maximum absolute atomic E-state index is 12.2. The topological polar surface area (TPSA) is 67.4 Å². The lowest BCUT2D eigenvalue weighted by Gasteiger charge is -2.34. The van der Waals surface area contributed by atoms with E-state index in [1.165, 1.54) is 38.5 Å². The fraction of sp³-hybridized carbons (Fsp3) is 0.895. The van der Waals surface area contributed by atoms with Gasteiger partial charge >= 0.3 is 0 Å². The van der Waals surface area contributed by atoms with Gasteiger partial charge in [0, 0.05) is 18.9 Å². The Hall–Kier alpha value is -1.10. The Morgan fingerprint density at radius 2 is 1.62 bits per heavy atom. The van der Waals surface area contributed by atoms with E-state index < -0.39 is 0 Å². The van der Waals surface area contributed by atoms with Crippen LogP contribution < -0.4 is 10.6 Å². The summed E-state index contributed by atoms with van der Waals surface area (Å²) in [4.78, 5) is 23.8. The normalized spacial score (nSPS) is 27.8. The molecule has 2 atom stereocenters. The van der Waals surface area contributed by atoms with Crippen LogP contribution in [0.4, 0.5) is 0 Å². The van der Waals surface area contributed by atoms with E-state index in [1.54, 1.807) is 0 Å². The number of ether oxygens (including phenoxy) is 1. The minimum Gasteiger partial charge on any atom is -0.373 e. The number of rotatable bonds is 8. The van der Waals surface area contributed by atoms with Gasteiger partial charge in [0.2, 0.25) is 11.8 Å². The summed E-state index contributed by atoms with van der Waals surface area (Å²) in [7, 11) is 0. The van der Waals surface area contributed by atoms with Crippen molar-refractivity contribution in [1.29, 1.82) is 0 Å². The van der Waals surface area contributed by atoms with Gasteiger partial charge in [-0.1, -0.05) is 25.7 Å². The third-order valence-electron chi connectivity index (χ3n) is 5.55. The maximum Gasteiger partial charge on any atom is 0.223 e. The van der Waals surface area contributed by atoms with Crippen LogP contribution in [0.1, 0.15) is 77.0 Å². The quantitative estimate of drug-likeness (QED) is 0.670. The van der Waals surface area contributed by atoms with E-state index in [2.05, 4.69) is 10.6 Å². The smallest absolute Gasteiger partial charge is 0.223 e. The zero-order valence-corrected chi connectivity index (χ0v) is 14.7. The van der Waals surface area contributed by atoms with Crippen molar-refractivity contribution in [2.24, 2.45) is 5.92 Å². The monoisotopic (exact) mass is 336 g/mol. The zero-order valence-electron chi connectivity index (χ0n) is 14.7. The highest BCUT2D eigenvalue weighted by molar-refractivity contribution is 5.81. The Morgan fingerprint density at radius 3 is 2.38 bits per heavy atom. The van der Waals surface area contributed by atoms with Crippen molar-refractivity contribution in [3.8, 4) is 0 Å². The lowest BCUT2D eigenvalue weighted by molar-refractivity contribution is -0.125. The van der Waals surface area contributed by atoms with E-state index in [0.29, 0.717) is 25.5 Å². The van der Waals surface area contributed by atoms with E-state index in [4.69, 9.17) is 4.74 Å². The SMILES string of the molecule is O=C(CCCNC(=O)C1CC1)N[C@H]1CCCC[C@H]1OC1CCCC1. The molecular formula is C19H32N2O3. The lowest BCUT2D eigenvalue weighted by Crippen LogP contribution is -2.47. The van der Waals surface area contributed by atoms with Crippen LogP contribution in [0.15, 0.2) is 0 Å². The average Bonchev–Trinajstić information content (AvgIpc) is 3.31. The number of carbonyl (C=O) groups is 2. The fourth-order valence-corrected chi connectivity index (χ4v) is 3.93. The van der Waals surface area contributed by atoms with Gasteiger partial charge in [-0.3, -0.25) is 9.59 Å². The van der Waals surface area contributed by atoms with E-state index in [1.807, 2.05) is 0 Å². The van der Waals surface area contributed by atoms with E-state index >= 15 is 0 Å². The third kappa shape index (κ3) is 5.47. The molecule has 0 heterocycles. The van der Waals surface area contributed by atoms with Gasteiger partial charge in [-0.25, -0.2) is 0 Å². The van der Waals surface area contributed by atoms with Crippen LogP contribution in [0.25, 0.3) is 0 Å². The first-order valence-electron chi connectivity index (χ1n) is 9.95. The lowest BCUT2D eigenvalue weighted by atomic mass is 9.92. The summed E-state index contributed by atoms with van der Waals surface area (Å²) < 4.78 is 6.28. The molecule has 2 amide bonds. The molecule has 0 aromatic carbocycles. The molecule has 24 heavy (non-hydrogen) atoms. The van der Waals surface area contributed by atoms with Crippen LogP contribution in [0, 0.1) is 5.92 Å². The summed E-state index contributed by atoms with van der Waals surface area (Å²) in [6, 6.07) is 0.174. The highest BCUT2D eigenvalue weighted by Crippen LogP contribution is 2.29. The van der Waals surface area contributed by atoms with Crippen LogP contribution >= 0.6 is 0 Å². The fourth-order valence-electron chi connectivity index (χ4n) is 3.93. The Kier molecular flexibility index (Phi) is 6.52. The minimum absolute atomic E-state index is 0.0996. The number of hydrogen-bond donors (Lipinski definition) is 2. The molecule has 2 N–H and O–H groups in total. The van der Waals surface area contributed by atoms with Crippen molar-refractivity contribution < 1.29 is 14.3 Å². The molecule has 0 aliphatic heterocycles. The van der Waals surface area contributed by atoms with Crippen molar-refractivity contribution in [1.82, 2.24) is 10.6 Å². The van der Waals surface area contributed by atoms with Gasteiger partial charge in [0.15, 0.2) is 0 Å². The van der Waals surface area contributed by atoms with Crippen molar-refractivity contribution in [2.75, 3.05) is 6.54 Å². The molecule has 3 fully saturated rings. The molecule has 0 bridgehead atoms. The summed E-state index contributed by atoms with van der Waals surface area (Å²) in [6.07, 6.45) is 13.2. The third-order valence-corrected chi connectivity index (χ3v) is 5.55. The van der Waals surface area contributed by atoms with Crippen molar-refractivity contribution >= 4 is 11.8 Å². The summed E-state index contributed by atoms with van der Waals surface area (Å²) in [6.45, 7) is 0.607. The number of amides is 2. The molecule has 5 nitrogen and oxygen atoms in total. The molecule has 3 rings (SSSR count). The Labute approximate surface area is 145 Å². The van der Waals surface area contributed by atoms with E-state index in [0.717, 1.165) is 25.7 Å². The molecule has 5 heteroatoms. The molecule has 0 radical (unpaired) electrons. The Bertz CT molecular complexity index is 430. The summed E-state index contributed by atoms with van der Waals surface area (Å²) in [5, 5.41) is 6.11. The van der Waals surface area contributed by atoms with Crippen LogP contribution in [0.2, 0.25) is 0 Å². The molecule has 0 aromatic rings. The first kappa shape index (κ1) is 17.7. The van der Waals surface area contributed by atoms with Gasteiger partial charge in [-0.2, -0.15) is 0 Å². The zero-order chi connectivity index (χ0) is 16.8. The highest BCUT2D eigenvalue weighted by atomic mass is 16.5. The van der Waals surface area contributed by atoms with Crippen molar-refractivity contribution in [2.45, 2.75) is 95.3 Å². The van der Waals surface area contributed by atoms with Crippen LogP contribution in [-0.2, 0) is 14.3 Å². The Morgan fingerprint density at radius 1 is 0.917 bits per heavy atom. The predicted octanol–water partition coefficient (Wildman–Crippen LogP) is 2.68. The standard InChI is InChI=1S/C19H32N2O3/c22-18(10-5-13-20-19(23)14-11-12-14)21-16-8-3-4-9-17(16)24-15-6-1-2-7-15/h14-17H,1-13H2,(H,20,23)(H,21,22)/t16-,17+/m0/s1. The van der Waals surface area contributed by atoms with Gasteiger partial charge in [0.25, 0.3) is 0 Å². The first-order valence-corrected chi connectivity index (χ1v) is 9.95. The number of hydrogen-bond acceptors (Lipinski definition) is 3. The summed E-state index contributed by atoms with van der Waals surface area (Å²) in [5.41, 5.74) is 0. The van der Waals surface area contributed by atoms with Crippen LogP contribution in [-0.4, -0.2) is 36.6 Å². The molecule has 3 aliphatic rings. The second kappa shape index (κ2) is 8.84. The molecule has 0 saturated heterocycles. The van der Waals surface area contributed by atoms with E-state index in [9.17, 15) is 9.59 Å². The van der Waals surface area contributed by atoms with Gasteiger partial charge in [0.1, 0.15) is 0 Å². The summed E-state index contributed by atoms with van der Waals surface area (Å²) >= 11 is 0. The van der Waals surface area contributed by atoms with Gasteiger partial charge < -0.3 is 15.4 Å². The Balaban J connectivity index is 1.34. The minimum atomic E-state index is 0.0996. The number of nitrogens with one attached hydrogen (secondary N) is 2. The molecule has 0 spiro atoms. The van der Waals surface area contributed by atoms with Crippen LogP contribution in [0.3, 0.4) is 0 Å². The second-order valence-corrected chi connectivity index (χ2v) is 7.71. The van der Waals surface area contributed by atoms with E-state index in [-0.39, 0.29) is 29.9 Å². The largest absolute Gasteiger partial charge is 0.373 e. The molecule has 3 aliphatic carbocycles. The molecule has 0 unspecified atom stereocenters. The van der Waals surface area contributed by atoms with Gasteiger partial charge in [-0.15, -0.1) is 0 Å². The van der Waals surface area contributed by atoms with Crippen molar-refractivity contribution in [3.05, 3.63) is 0 Å². The van der Waals surface area contributed by atoms with Gasteiger partial charge in [0.05, 0.1) is 18.2 Å². The molecule has 136 valence electrons. The molecule has 0 aromatic heterocycles. The van der Waals surface area contributed by atoms with Crippen LogP contribution in [0.5, 0.6) is 0 Å². The average molecular weight is 336 g/mol. The molecular weight excluding hydrogens is 304 g/mol. The van der Waals surface area contributed by atoms with Crippen molar-refractivity contribution in [3.63, 3.8) is 0 Å². The highest BCUT2D eigenvalue weighted by Gasteiger charge is 2.31. The number of carbonyl (C=O) groups excluding carboxylic acids is 2. The first-order chi connectivity index (χ1) is 11.7.